The van der Waals surface area contributed by atoms with E-state index in [4.69, 9.17) is 4.74 Å². The van der Waals surface area contributed by atoms with E-state index < -0.39 is 0 Å². The molecule has 4 heteroatoms. The van der Waals surface area contributed by atoms with Crippen LogP contribution >= 0.6 is 15.9 Å². The number of benzene rings is 2. The van der Waals surface area contributed by atoms with Crippen LogP contribution in [0.1, 0.15) is 10.4 Å². The molecular formula is C17H14BrNO2. The summed E-state index contributed by atoms with van der Waals surface area (Å²) < 4.78 is 8.25. The second-order valence-corrected chi connectivity index (χ2v) is 5.68. The molecule has 0 aliphatic rings. The summed E-state index contributed by atoms with van der Waals surface area (Å²) in [6, 6.07) is 15.2. The molecule has 106 valence electrons. The lowest BCUT2D eigenvalue weighted by Crippen LogP contribution is -2.09. The highest BCUT2D eigenvalue weighted by Crippen LogP contribution is 2.26. The van der Waals surface area contributed by atoms with Crippen LogP contribution < -0.4 is 4.74 Å². The van der Waals surface area contributed by atoms with Crippen molar-refractivity contribution in [3.63, 3.8) is 0 Å². The lowest BCUT2D eigenvalue weighted by molar-refractivity contribution is 0.0973. The van der Waals surface area contributed by atoms with Gasteiger partial charge >= 0.3 is 0 Å². The molecule has 3 aromatic rings. The van der Waals surface area contributed by atoms with Crippen molar-refractivity contribution in [2.75, 3.05) is 7.11 Å². The summed E-state index contributed by atoms with van der Waals surface area (Å²) >= 11 is 3.37. The predicted octanol–water partition coefficient (Wildman–Crippen LogP) is 4.30. The van der Waals surface area contributed by atoms with Gasteiger partial charge in [0.1, 0.15) is 5.75 Å². The molecule has 0 unspecified atom stereocenters. The first-order valence-electron chi connectivity index (χ1n) is 6.59. The van der Waals surface area contributed by atoms with Crippen LogP contribution in [0.3, 0.4) is 0 Å². The molecule has 0 spiro atoms. The molecule has 0 aliphatic carbocycles. The first-order valence-corrected chi connectivity index (χ1v) is 7.39. The molecule has 0 radical (unpaired) electrons. The summed E-state index contributed by atoms with van der Waals surface area (Å²) in [6.45, 7) is 0.318. The molecule has 2 aromatic carbocycles. The fraction of sp³-hybridized carbons (Fsp3) is 0.118. The molecule has 0 amide bonds. The number of hydrogen-bond donors (Lipinski definition) is 0. The maximum absolute atomic E-state index is 12.4. The number of Topliss-reactive ketones (excluding diaryl/α,β-unsaturated/α-hetero) is 1. The molecule has 0 fully saturated rings. The second-order valence-electron chi connectivity index (χ2n) is 4.77. The molecule has 0 aliphatic heterocycles. The number of methoxy groups -OCH3 is 1. The van der Waals surface area contributed by atoms with Gasteiger partial charge < -0.3 is 9.30 Å². The summed E-state index contributed by atoms with van der Waals surface area (Å²) in [5.41, 5.74) is 1.71. The summed E-state index contributed by atoms with van der Waals surface area (Å²) in [7, 11) is 1.65. The van der Waals surface area contributed by atoms with E-state index in [0.29, 0.717) is 12.1 Å². The third-order valence-corrected chi connectivity index (χ3v) is 4.00. The molecule has 0 N–H and O–H groups in total. The zero-order valence-electron chi connectivity index (χ0n) is 11.5. The van der Waals surface area contributed by atoms with Crippen LogP contribution in [0.25, 0.3) is 10.9 Å². The Balaban J connectivity index is 1.91. The first kappa shape index (κ1) is 13.9. The number of nitrogens with zero attached hydrogens (tertiary/aromatic N) is 1. The summed E-state index contributed by atoms with van der Waals surface area (Å²) in [5, 5.41) is 1.02. The summed E-state index contributed by atoms with van der Waals surface area (Å²) in [5.74, 6) is 0.908. The normalized spacial score (nSPS) is 10.8. The van der Waals surface area contributed by atoms with Gasteiger partial charge in [0.25, 0.3) is 0 Å². The molecule has 0 saturated heterocycles. The Labute approximate surface area is 131 Å². The van der Waals surface area contributed by atoms with E-state index in [1.165, 1.54) is 0 Å². The van der Waals surface area contributed by atoms with Crippen LogP contribution in [-0.4, -0.2) is 17.5 Å². The topological polar surface area (TPSA) is 31.2 Å². The largest absolute Gasteiger partial charge is 0.496 e. The standard InChI is InChI=1S/C17H14BrNO2/c1-21-17-4-2-3-15-14(17)9-10-19(15)11-16(20)12-5-7-13(18)8-6-12/h2-10H,11H2,1H3. The quantitative estimate of drug-likeness (QED) is 0.661. The van der Waals surface area contributed by atoms with Gasteiger partial charge in [0.05, 0.1) is 19.2 Å². The number of rotatable bonds is 4. The van der Waals surface area contributed by atoms with E-state index in [1.807, 2.05) is 59.3 Å². The van der Waals surface area contributed by atoms with Crippen LogP contribution in [0.2, 0.25) is 0 Å². The number of halogens is 1. The van der Waals surface area contributed by atoms with Crippen molar-refractivity contribution in [2.45, 2.75) is 6.54 Å². The first-order chi connectivity index (χ1) is 10.2. The third kappa shape index (κ3) is 2.72. The average molecular weight is 344 g/mol. The van der Waals surface area contributed by atoms with Crippen LogP contribution in [0.15, 0.2) is 59.2 Å². The highest BCUT2D eigenvalue weighted by Gasteiger charge is 2.10. The van der Waals surface area contributed by atoms with Gasteiger partial charge in [-0.3, -0.25) is 4.79 Å². The third-order valence-electron chi connectivity index (χ3n) is 3.47. The number of carbonyl (C=O) groups excluding carboxylic acids is 1. The van der Waals surface area contributed by atoms with E-state index in [1.54, 1.807) is 7.11 Å². The van der Waals surface area contributed by atoms with Gasteiger partial charge in [-0.15, -0.1) is 0 Å². The van der Waals surface area contributed by atoms with Crippen molar-refractivity contribution in [3.05, 3.63) is 64.8 Å². The zero-order chi connectivity index (χ0) is 14.8. The number of hydrogen-bond acceptors (Lipinski definition) is 2. The van der Waals surface area contributed by atoms with Crippen LogP contribution in [0, 0.1) is 0 Å². The lowest BCUT2D eigenvalue weighted by atomic mass is 10.1. The Morgan fingerprint density at radius 1 is 1.14 bits per heavy atom. The van der Waals surface area contributed by atoms with Crippen molar-refractivity contribution >= 4 is 32.6 Å². The van der Waals surface area contributed by atoms with Crippen molar-refractivity contribution in [3.8, 4) is 5.75 Å². The molecule has 3 rings (SSSR count). The number of carbonyl (C=O) groups is 1. The zero-order valence-corrected chi connectivity index (χ0v) is 13.1. The maximum atomic E-state index is 12.4. The van der Waals surface area contributed by atoms with E-state index in [0.717, 1.165) is 21.1 Å². The lowest BCUT2D eigenvalue weighted by Gasteiger charge is -2.06. The minimum Gasteiger partial charge on any atom is -0.496 e. The van der Waals surface area contributed by atoms with Gasteiger partial charge in [0.2, 0.25) is 0 Å². The van der Waals surface area contributed by atoms with E-state index in [9.17, 15) is 4.79 Å². The number of fused-ring (bicyclic) bond motifs is 1. The Morgan fingerprint density at radius 2 is 1.90 bits per heavy atom. The molecule has 0 bridgehead atoms. The SMILES string of the molecule is COc1cccc2c1ccn2CC(=O)c1ccc(Br)cc1. The molecule has 0 saturated carbocycles. The van der Waals surface area contributed by atoms with Gasteiger partial charge in [-0.1, -0.05) is 34.1 Å². The highest BCUT2D eigenvalue weighted by molar-refractivity contribution is 9.10. The molecular weight excluding hydrogens is 330 g/mol. The molecule has 21 heavy (non-hydrogen) atoms. The fourth-order valence-electron chi connectivity index (χ4n) is 2.39. The van der Waals surface area contributed by atoms with Gasteiger partial charge in [0, 0.05) is 21.6 Å². The predicted molar refractivity (Wildman–Crippen MR) is 87.0 cm³/mol. The smallest absolute Gasteiger partial charge is 0.182 e. The van der Waals surface area contributed by atoms with Crippen LogP contribution in [0.5, 0.6) is 5.75 Å². The van der Waals surface area contributed by atoms with Crippen molar-refractivity contribution in [2.24, 2.45) is 0 Å². The van der Waals surface area contributed by atoms with Crippen molar-refractivity contribution in [1.82, 2.24) is 4.57 Å². The minimum absolute atomic E-state index is 0.0859. The highest BCUT2D eigenvalue weighted by atomic mass is 79.9. The summed E-state index contributed by atoms with van der Waals surface area (Å²) in [4.78, 5) is 12.4. The maximum Gasteiger partial charge on any atom is 0.182 e. The number of ether oxygens (including phenoxy) is 1. The second kappa shape index (κ2) is 5.74. The fourth-order valence-corrected chi connectivity index (χ4v) is 2.66. The minimum atomic E-state index is 0.0859. The van der Waals surface area contributed by atoms with Gasteiger partial charge in [-0.05, 0) is 30.3 Å². The molecule has 1 heterocycles. The summed E-state index contributed by atoms with van der Waals surface area (Å²) in [6.07, 6.45) is 1.92. The van der Waals surface area contributed by atoms with Crippen molar-refractivity contribution < 1.29 is 9.53 Å². The molecule has 0 atom stereocenters. The number of aromatic nitrogens is 1. The van der Waals surface area contributed by atoms with E-state index >= 15 is 0 Å². The van der Waals surface area contributed by atoms with E-state index in [2.05, 4.69) is 15.9 Å². The number of ketones is 1. The Morgan fingerprint density at radius 3 is 2.62 bits per heavy atom. The molecule has 1 aromatic heterocycles. The Bertz CT molecular complexity index is 790. The average Bonchev–Trinajstić information content (AvgIpc) is 2.91. The van der Waals surface area contributed by atoms with Gasteiger partial charge in [0.15, 0.2) is 5.78 Å². The van der Waals surface area contributed by atoms with Gasteiger partial charge in [-0.2, -0.15) is 0 Å². The van der Waals surface area contributed by atoms with Crippen LogP contribution in [0.4, 0.5) is 0 Å². The van der Waals surface area contributed by atoms with Gasteiger partial charge in [-0.25, -0.2) is 0 Å². The molecule has 3 nitrogen and oxygen atoms in total. The Hall–Kier alpha value is -2.07. The Kier molecular flexibility index (Phi) is 3.80. The monoisotopic (exact) mass is 343 g/mol. The van der Waals surface area contributed by atoms with Crippen LogP contribution in [-0.2, 0) is 6.54 Å². The van der Waals surface area contributed by atoms with E-state index in [-0.39, 0.29) is 5.78 Å². The van der Waals surface area contributed by atoms with Crippen molar-refractivity contribution in [1.29, 1.82) is 0 Å².